The van der Waals surface area contributed by atoms with Crippen LogP contribution in [0.3, 0.4) is 0 Å². The summed E-state index contributed by atoms with van der Waals surface area (Å²) in [5, 5.41) is 13.4. The molecular weight excluding hydrogens is 242 g/mol. The van der Waals surface area contributed by atoms with Crippen LogP contribution in [0.4, 0.5) is 0 Å². The van der Waals surface area contributed by atoms with Crippen LogP contribution in [0, 0.1) is 12.8 Å². The number of hydrogen-bond acceptors (Lipinski definition) is 3. The summed E-state index contributed by atoms with van der Waals surface area (Å²) in [6.45, 7) is 1.94. The number of fused-ring (bicyclic) bond motifs is 1. The Kier molecular flexibility index (Phi) is 2.81. The minimum Gasteiger partial charge on any atom is -0.481 e. The Morgan fingerprint density at radius 3 is 3.05 bits per heavy atom. The number of aliphatic carboxylic acids is 1. The van der Waals surface area contributed by atoms with Crippen molar-refractivity contribution in [3.05, 3.63) is 41.3 Å². The molecule has 0 radical (unpaired) electrons. The van der Waals surface area contributed by atoms with Crippen molar-refractivity contribution >= 4 is 5.97 Å². The molecule has 19 heavy (non-hydrogen) atoms. The molecule has 2 heterocycles. The standard InChI is InChI=1S/C14H15N3O2/c1-9-3-2-4-13(16-9)17-12-6-5-10(14(18)19)7-11(12)8-15-17/h2-4,8,10H,5-7H2,1H3,(H,18,19). The molecule has 98 valence electrons. The molecule has 0 spiro atoms. The van der Waals surface area contributed by atoms with Gasteiger partial charge in [-0.25, -0.2) is 9.67 Å². The lowest BCUT2D eigenvalue weighted by molar-refractivity contribution is -0.142. The zero-order chi connectivity index (χ0) is 13.4. The first-order valence-corrected chi connectivity index (χ1v) is 6.38. The molecule has 1 N–H and O–H groups in total. The van der Waals surface area contributed by atoms with E-state index in [1.807, 2.05) is 29.8 Å². The molecule has 5 nitrogen and oxygen atoms in total. The fraction of sp³-hybridized carbons (Fsp3) is 0.357. The minimum atomic E-state index is -0.716. The molecule has 0 amide bonds. The maximum atomic E-state index is 11.0. The summed E-state index contributed by atoms with van der Waals surface area (Å²) in [7, 11) is 0. The van der Waals surface area contributed by atoms with Crippen molar-refractivity contribution in [3.63, 3.8) is 0 Å². The van der Waals surface area contributed by atoms with Gasteiger partial charge in [-0.2, -0.15) is 5.10 Å². The smallest absolute Gasteiger partial charge is 0.306 e. The molecule has 5 heteroatoms. The van der Waals surface area contributed by atoms with Crippen LogP contribution in [-0.2, 0) is 17.6 Å². The lowest BCUT2D eigenvalue weighted by Gasteiger charge is -2.19. The van der Waals surface area contributed by atoms with Crippen LogP contribution in [0.25, 0.3) is 5.82 Å². The molecule has 0 saturated carbocycles. The fourth-order valence-electron chi connectivity index (χ4n) is 2.58. The number of hydrogen-bond donors (Lipinski definition) is 1. The minimum absolute atomic E-state index is 0.282. The summed E-state index contributed by atoms with van der Waals surface area (Å²) >= 11 is 0. The van der Waals surface area contributed by atoms with Gasteiger partial charge in [0.05, 0.1) is 12.1 Å². The highest BCUT2D eigenvalue weighted by Gasteiger charge is 2.27. The maximum absolute atomic E-state index is 11.0. The zero-order valence-corrected chi connectivity index (χ0v) is 10.7. The van der Waals surface area contributed by atoms with Crippen LogP contribution in [0.5, 0.6) is 0 Å². The van der Waals surface area contributed by atoms with Crippen LogP contribution >= 0.6 is 0 Å². The van der Waals surface area contributed by atoms with E-state index in [0.29, 0.717) is 12.8 Å². The highest BCUT2D eigenvalue weighted by atomic mass is 16.4. The fourth-order valence-corrected chi connectivity index (χ4v) is 2.58. The Morgan fingerprint density at radius 1 is 1.47 bits per heavy atom. The molecule has 3 rings (SSSR count). The largest absolute Gasteiger partial charge is 0.481 e. The van der Waals surface area contributed by atoms with E-state index in [2.05, 4.69) is 10.1 Å². The molecular formula is C14H15N3O2. The number of rotatable bonds is 2. The number of nitrogens with zero attached hydrogens (tertiary/aromatic N) is 3. The van der Waals surface area contributed by atoms with E-state index in [0.717, 1.165) is 29.2 Å². The van der Waals surface area contributed by atoms with Crippen molar-refractivity contribution in [1.29, 1.82) is 0 Å². The predicted octanol–water partition coefficient (Wildman–Crippen LogP) is 1.77. The molecule has 2 aromatic rings. The third-order valence-corrected chi connectivity index (χ3v) is 3.59. The Hall–Kier alpha value is -2.17. The second kappa shape index (κ2) is 4.50. The second-order valence-electron chi connectivity index (χ2n) is 4.94. The molecule has 0 saturated heterocycles. The molecule has 0 aliphatic heterocycles. The first-order valence-electron chi connectivity index (χ1n) is 6.38. The van der Waals surface area contributed by atoms with Crippen molar-refractivity contribution in [3.8, 4) is 5.82 Å². The molecule has 0 bridgehead atoms. The van der Waals surface area contributed by atoms with Gasteiger partial charge < -0.3 is 5.11 Å². The Labute approximate surface area is 110 Å². The highest BCUT2D eigenvalue weighted by molar-refractivity contribution is 5.70. The monoisotopic (exact) mass is 257 g/mol. The van der Waals surface area contributed by atoms with Crippen LogP contribution in [0.1, 0.15) is 23.4 Å². The van der Waals surface area contributed by atoms with Crippen LogP contribution in [0.2, 0.25) is 0 Å². The van der Waals surface area contributed by atoms with Gasteiger partial charge in [-0.3, -0.25) is 4.79 Å². The van der Waals surface area contributed by atoms with Crippen LogP contribution in [-0.4, -0.2) is 25.8 Å². The van der Waals surface area contributed by atoms with Crippen molar-refractivity contribution in [1.82, 2.24) is 14.8 Å². The van der Waals surface area contributed by atoms with Gasteiger partial charge >= 0.3 is 5.97 Å². The van der Waals surface area contributed by atoms with Gasteiger partial charge in [0.1, 0.15) is 0 Å². The van der Waals surface area contributed by atoms with E-state index >= 15 is 0 Å². The van der Waals surface area contributed by atoms with Gasteiger partial charge in [0, 0.05) is 11.4 Å². The first-order chi connectivity index (χ1) is 9.15. The third-order valence-electron chi connectivity index (χ3n) is 3.59. The van der Waals surface area contributed by atoms with E-state index in [9.17, 15) is 4.79 Å². The summed E-state index contributed by atoms with van der Waals surface area (Å²) in [5.74, 6) is -0.197. The third kappa shape index (κ3) is 2.12. The van der Waals surface area contributed by atoms with E-state index in [1.165, 1.54) is 0 Å². The number of carbonyl (C=O) groups is 1. The van der Waals surface area contributed by atoms with Gasteiger partial charge in [-0.15, -0.1) is 0 Å². The van der Waals surface area contributed by atoms with Crippen LogP contribution in [0.15, 0.2) is 24.4 Å². The molecule has 0 fully saturated rings. The Balaban J connectivity index is 1.97. The number of carboxylic acid groups (broad SMARTS) is 1. The number of pyridine rings is 1. The van der Waals surface area contributed by atoms with E-state index in [4.69, 9.17) is 5.11 Å². The number of carboxylic acids is 1. The molecule has 1 aliphatic carbocycles. The molecule has 2 aromatic heterocycles. The van der Waals surface area contributed by atoms with E-state index in [1.54, 1.807) is 6.20 Å². The summed E-state index contributed by atoms with van der Waals surface area (Å²) in [5.41, 5.74) is 3.07. The van der Waals surface area contributed by atoms with Gasteiger partial charge in [-0.1, -0.05) is 6.07 Å². The summed E-state index contributed by atoms with van der Waals surface area (Å²) in [6.07, 6.45) is 3.74. The maximum Gasteiger partial charge on any atom is 0.306 e. The van der Waals surface area contributed by atoms with Gasteiger partial charge in [0.25, 0.3) is 0 Å². The Morgan fingerprint density at radius 2 is 2.32 bits per heavy atom. The summed E-state index contributed by atoms with van der Waals surface area (Å²) < 4.78 is 1.83. The molecule has 1 atom stereocenters. The quantitative estimate of drug-likeness (QED) is 0.890. The van der Waals surface area contributed by atoms with E-state index < -0.39 is 5.97 Å². The first kappa shape index (κ1) is 11.9. The predicted molar refractivity (Wildman–Crippen MR) is 69.2 cm³/mol. The number of aromatic nitrogens is 3. The SMILES string of the molecule is Cc1cccc(-n2ncc3c2CCC(C(=O)O)C3)n1. The lowest BCUT2D eigenvalue weighted by atomic mass is 9.88. The molecule has 1 aliphatic rings. The van der Waals surface area contributed by atoms with Gasteiger partial charge in [0.15, 0.2) is 5.82 Å². The topological polar surface area (TPSA) is 68.0 Å². The number of aryl methyl sites for hydroxylation is 1. The van der Waals surface area contributed by atoms with Crippen molar-refractivity contribution in [2.75, 3.05) is 0 Å². The second-order valence-corrected chi connectivity index (χ2v) is 4.94. The van der Waals surface area contributed by atoms with Gasteiger partial charge in [-0.05, 0) is 43.9 Å². The zero-order valence-electron chi connectivity index (χ0n) is 10.7. The molecule has 1 unspecified atom stereocenters. The average molecular weight is 257 g/mol. The normalized spacial score (nSPS) is 18.1. The van der Waals surface area contributed by atoms with Crippen molar-refractivity contribution < 1.29 is 9.90 Å². The summed E-state index contributed by atoms with van der Waals surface area (Å²) in [6, 6.07) is 5.82. The lowest BCUT2D eigenvalue weighted by Crippen LogP contribution is -2.22. The van der Waals surface area contributed by atoms with Crippen LogP contribution < -0.4 is 0 Å². The average Bonchev–Trinajstić information content (AvgIpc) is 2.81. The molecule has 0 aromatic carbocycles. The van der Waals surface area contributed by atoms with Crippen molar-refractivity contribution in [2.45, 2.75) is 26.2 Å². The Bertz CT molecular complexity index is 633. The highest BCUT2D eigenvalue weighted by Crippen LogP contribution is 2.27. The van der Waals surface area contributed by atoms with E-state index in [-0.39, 0.29) is 5.92 Å². The van der Waals surface area contributed by atoms with Crippen molar-refractivity contribution in [2.24, 2.45) is 5.92 Å². The van der Waals surface area contributed by atoms with Gasteiger partial charge in [0.2, 0.25) is 0 Å². The summed E-state index contributed by atoms with van der Waals surface area (Å²) in [4.78, 5) is 15.5.